The van der Waals surface area contributed by atoms with Crippen LogP contribution in [0.4, 0.5) is 0 Å². The van der Waals surface area contributed by atoms with Gasteiger partial charge in [0.15, 0.2) is 0 Å². The Balaban J connectivity index is 1.75. The number of aliphatic hydroxyl groups is 1. The summed E-state index contributed by atoms with van der Waals surface area (Å²) in [7, 11) is 1.29. The maximum Gasteiger partial charge on any atom is 0.308 e. The summed E-state index contributed by atoms with van der Waals surface area (Å²) >= 11 is 7.70. The number of halogens is 1. The molecule has 5 nitrogen and oxygen atoms in total. The van der Waals surface area contributed by atoms with Crippen molar-refractivity contribution in [1.29, 1.82) is 0 Å². The van der Waals surface area contributed by atoms with Crippen molar-refractivity contribution in [3.05, 3.63) is 70.8 Å². The van der Waals surface area contributed by atoms with Crippen molar-refractivity contribution >= 4 is 29.3 Å². The van der Waals surface area contributed by atoms with Gasteiger partial charge in [-0.2, -0.15) is 0 Å². The van der Waals surface area contributed by atoms with Crippen LogP contribution in [0, 0.1) is 0 Å². The van der Waals surface area contributed by atoms with E-state index in [1.807, 2.05) is 61.5 Å². The standard InChI is InChI=1S/C23H28ClNO4S/c1-16(6-11-21(25)22(26)13-23(27)28-2)15-30-20-9-7-19(8-10-20)29-14-17-4-3-5-18(24)12-17/h3-10,12,21-22,26H,11,13-15,25H2,1-2H3. The third-order valence-electron chi connectivity index (χ3n) is 4.42. The van der Waals surface area contributed by atoms with Gasteiger partial charge in [-0.15, -0.1) is 11.8 Å². The fourth-order valence-electron chi connectivity index (χ4n) is 2.58. The Morgan fingerprint density at radius 1 is 1.27 bits per heavy atom. The molecule has 0 heterocycles. The number of aliphatic hydroxyl groups excluding tert-OH is 1. The first-order valence-electron chi connectivity index (χ1n) is 9.63. The van der Waals surface area contributed by atoms with E-state index in [0.29, 0.717) is 18.1 Å². The van der Waals surface area contributed by atoms with Gasteiger partial charge in [0.1, 0.15) is 12.4 Å². The molecule has 162 valence electrons. The van der Waals surface area contributed by atoms with Gasteiger partial charge in [-0.3, -0.25) is 4.79 Å². The van der Waals surface area contributed by atoms with Gasteiger partial charge < -0.3 is 20.3 Å². The van der Waals surface area contributed by atoms with E-state index in [0.717, 1.165) is 27.5 Å². The van der Waals surface area contributed by atoms with E-state index in [1.54, 1.807) is 11.8 Å². The minimum atomic E-state index is -0.909. The van der Waals surface area contributed by atoms with Crippen molar-refractivity contribution < 1.29 is 19.4 Å². The number of hydrogen-bond donors (Lipinski definition) is 2. The Kier molecular flexibility index (Phi) is 10.2. The molecule has 3 N–H and O–H groups in total. The van der Waals surface area contributed by atoms with Crippen molar-refractivity contribution in [2.75, 3.05) is 12.9 Å². The fourth-order valence-corrected chi connectivity index (χ4v) is 3.64. The van der Waals surface area contributed by atoms with Gasteiger partial charge in [0.05, 0.1) is 19.6 Å². The molecule has 7 heteroatoms. The first-order valence-corrected chi connectivity index (χ1v) is 11.0. The summed E-state index contributed by atoms with van der Waals surface area (Å²) < 4.78 is 10.3. The molecule has 0 amide bonds. The third kappa shape index (κ3) is 8.79. The van der Waals surface area contributed by atoms with Crippen LogP contribution in [0.15, 0.2) is 65.1 Å². The molecule has 0 fully saturated rings. The molecule has 0 saturated carbocycles. The summed E-state index contributed by atoms with van der Waals surface area (Å²) in [5.41, 5.74) is 8.12. The predicted octanol–water partition coefficient (Wildman–Crippen LogP) is 4.60. The Labute approximate surface area is 187 Å². The van der Waals surface area contributed by atoms with Crippen LogP contribution in [-0.4, -0.2) is 36.1 Å². The smallest absolute Gasteiger partial charge is 0.308 e. The lowest BCUT2D eigenvalue weighted by molar-refractivity contribution is -0.143. The summed E-state index contributed by atoms with van der Waals surface area (Å²) in [6, 6.07) is 15.1. The number of thioether (sulfide) groups is 1. The number of esters is 1. The topological polar surface area (TPSA) is 81.8 Å². The molecule has 2 rings (SSSR count). The van der Waals surface area contributed by atoms with Gasteiger partial charge in [0.25, 0.3) is 0 Å². The number of hydrogen-bond acceptors (Lipinski definition) is 6. The van der Waals surface area contributed by atoms with Gasteiger partial charge in [-0.25, -0.2) is 0 Å². The third-order valence-corrected chi connectivity index (χ3v) is 5.86. The molecule has 0 aromatic heterocycles. The summed E-state index contributed by atoms with van der Waals surface area (Å²) in [4.78, 5) is 12.3. The van der Waals surface area contributed by atoms with Crippen LogP contribution >= 0.6 is 23.4 Å². The minimum absolute atomic E-state index is 0.0922. The second kappa shape index (κ2) is 12.6. The Hall–Kier alpha value is -1.99. The number of rotatable bonds is 11. The Bertz CT molecular complexity index is 841. The number of ether oxygens (including phenoxy) is 2. The van der Waals surface area contributed by atoms with E-state index in [-0.39, 0.29) is 6.42 Å². The molecule has 0 radical (unpaired) electrons. The van der Waals surface area contributed by atoms with Crippen molar-refractivity contribution in [3.63, 3.8) is 0 Å². The molecule has 0 aliphatic carbocycles. The predicted molar refractivity (Wildman–Crippen MR) is 122 cm³/mol. The molecular weight excluding hydrogens is 422 g/mol. The van der Waals surface area contributed by atoms with Crippen molar-refractivity contribution in [3.8, 4) is 5.75 Å². The Morgan fingerprint density at radius 2 is 2.00 bits per heavy atom. The van der Waals surface area contributed by atoms with Gasteiger partial charge >= 0.3 is 5.97 Å². The van der Waals surface area contributed by atoms with Crippen LogP contribution in [0.1, 0.15) is 25.3 Å². The zero-order valence-corrected chi connectivity index (χ0v) is 18.8. The van der Waals surface area contributed by atoms with Gasteiger partial charge in [-0.1, -0.05) is 35.4 Å². The SMILES string of the molecule is COC(=O)CC(O)C(N)CC=C(C)CSc1ccc(OCc2cccc(Cl)c2)cc1. The normalized spacial score (nSPS) is 13.6. The quantitative estimate of drug-likeness (QED) is 0.296. The molecule has 30 heavy (non-hydrogen) atoms. The van der Waals surface area contributed by atoms with Crippen LogP contribution < -0.4 is 10.5 Å². The van der Waals surface area contributed by atoms with E-state index >= 15 is 0 Å². The van der Waals surface area contributed by atoms with E-state index < -0.39 is 18.1 Å². The number of benzene rings is 2. The van der Waals surface area contributed by atoms with Gasteiger partial charge in [0.2, 0.25) is 0 Å². The van der Waals surface area contributed by atoms with Gasteiger partial charge in [-0.05, 0) is 55.3 Å². The molecule has 2 unspecified atom stereocenters. The summed E-state index contributed by atoms with van der Waals surface area (Å²) in [6.07, 6.45) is 1.50. The molecule has 0 aliphatic heterocycles. The van der Waals surface area contributed by atoms with E-state index in [4.69, 9.17) is 22.1 Å². The monoisotopic (exact) mass is 449 g/mol. The molecule has 2 atom stereocenters. The molecular formula is C23H28ClNO4S. The minimum Gasteiger partial charge on any atom is -0.489 e. The van der Waals surface area contributed by atoms with Crippen molar-refractivity contribution in [1.82, 2.24) is 0 Å². The first-order chi connectivity index (χ1) is 14.4. The zero-order valence-electron chi connectivity index (χ0n) is 17.2. The molecule has 2 aromatic carbocycles. The highest BCUT2D eigenvalue weighted by molar-refractivity contribution is 7.99. The van der Waals surface area contributed by atoms with Crippen LogP contribution in [-0.2, 0) is 16.1 Å². The summed E-state index contributed by atoms with van der Waals surface area (Å²) in [6.45, 7) is 2.49. The van der Waals surface area contributed by atoms with Crippen LogP contribution in [0.2, 0.25) is 5.02 Å². The highest BCUT2D eigenvalue weighted by Crippen LogP contribution is 2.24. The highest BCUT2D eigenvalue weighted by atomic mass is 35.5. The van der Waals surface area contributed by atoms with Crippen molar-refractivity contribution in [2.24, 2.45) is 5.73 Å². The summed E-state index contributed by atoms with van der Waals surface area (Å²) in [5, 5.41) is 10.6. The molecule has 0 spiro atoms. The Morgan fingerprint density at radius 3 is 2.67 bits per heavy atom. The van der Waals surface area contributed by atoms with Crippen LogP contribution in [0.3, 0.4) is 0 Å². The lowest BCUT2D eigenvalue weighted by Gasteiger charge is -2.16. The van der Waals surface area contributed by atoms with Crippen molar-refractivity contribution in [2.45, 2.75) is 43.4 Å². The number of carbonyl (C=O) groups excluding carboxylic acids is 1. The average Bonchev–Trinajstić information content (AvgIpc) is 2.75. The lowest BCUT2D eigenvalue weighted by atomic mass is 10.0. The molecule has 0 saturated heterocycles. The van der Waals surface area contributed by atoms with E-state index in [2.05, 4.69) is 4.74 Å². The highest BCUT2D eigenvalue weighted by Gasteiger charge is 2.17. The molecule has 0 aliphatic rings. The zero-order chi connectivity index (χ0) is 21.9. The fraction of sp³-hybridized carbons (Fsp3) is 0.348. The number of methoxy groups -OCH3 is 1. The maximum absolute atomic E-state index is 11.2. The van der Waals surface area contributed by atoms with E-state index in [1.165, 1.54) is 7.11 Å². The van der Waals surface area contributed by atoms with Crippen LogP contribution in [0.5, 0.6) is 5.75 Å². The second-order valence-electron chi connectivity index (χ2n) is 6.98. The lowest BCUT2D eigenvalue weighted by Crippen LogP contribution is -2.36. The molecule has 2 aromatic rings. The summed E-state index contributed by atoms with van der Waals surface area (Å²) in [5.74, 6) is 1.15. The van der Waals surface area contributed by atoms with Crippen LogP contribution in [0.25, 0.3) is 0 Å². The van der Waals surface area contributed by atoms with Gasteiger partial charge in [0, 0.05) is 21.7 Å². The average molecular weight is 450 g/mol. The largest absolute Gasteiger partial charge is 0.489 e. The number of nitrogens with two attached hydrogens (primary N) is 1. The first kappa shape index (κ1) is 24.3. The van der Waals surface area contributed by atoms with E-state index in [9.17, 15) is 9.90 Å². The second-order valence-corrected chi connectivity index (χ2v) is 8.46. The maximum atomic E-state index is 11.2. The number of carbonyl (C=O) groups is 1. The molecule has 0 bridgehead atoms.